The van der Waals surface area contributed by atoms with Crippen LogP contribution < -0.4 is 10.2 Å². The van der Waals surface area contributed by atoms with Crippen LogP contribution in [-0.4, -0.2) is 35.0 Å². The van der Waals surface area contributed by atoms with E-state index >= 15 is 0 Å². The maximum atomic E-state index is 13.7. The van der Waals surface area contributed by atoms with Gasteiger partial charge >= 0.3 is 12.0 Å². The summed E-state index contributed by atoms with van der Waals surface area (Å²) in [6, 6.07) is 14.5. The molecule has 4 saturated carbocycles. The molecule has 4 amide bonds. The summed E-state index contributed by atoms with van der Waals surface area (Å²) in [5, 5.41) is 3.11. The highest BCUT2D eigenvalue weighted by Crippen LogP contribution is 2.60. The summed E-state index contributed by atoms with van der Waals surface area (Å²) in [6.07, 6.45) is 11.0. The lowest BCUT2D eigenvalue weighted by Gasteiger charge is -2.57. The zero-order chi connectivity index (χ0) is 28.3. The van der Waals surface area contributed by atoms with Crippen molar-refractivity contribution in [1.29, 1.82) is 0 Å². The van der Waals surface area contributed by atoms with E-state index < -0.39 is 17.8 Å². The number of benzene rings is 2. The highest BCUT2D eigenvalue weighted by Gasteiger charge is 2.51. The van der Waals surface area contributed by atoms with Gasteiger partial charge in [-0.25, -0.2) is 9.69 Å². The third-order valence-corrected chi connectivity index (χ3v) is 9.60. The van der Waals surface area contributed by atoms with Gasteiger partial charge in [-0.15, -0.1) is 0 Å². The topological polar surface area (TPSA) is 97.7 Å². The second-order valence-corrected chi connectivity index (χ2v) is 12.2. The van der Waals surface area contributed by atoms with Crippen LogP contribution in [0.25, 0.3) is 17.0 Å². The van der Waals surface area contributed by atoms with Crippen molar-refractivity contribution in [1.82, 2.24) is 9.88 Å². The van der Waals surface area contributed by atoms with Gasteiger partial charge in [-0.3, -0.25) is 19.7 Å². The van der Waals surface area contributed by atoms with Crippen LogP contribution >= 0.6 is 0 Å². The molecule has 41 heavy (non-hydrogen) atoms. The standard InChI is InChI=1S/C33H33N3O5/c1-2-41-29(37)19-35-18-23(26-5-3-4-6-28(26)35)14-27-30(38)34-32(40)36(31(27)39)25-9-7-24(8-10-25)33-15-20-11-21(16-33)13-22(12-20)17-33/h3-10,14,18,20-22H,2,11-13,15-17,19H2,1H3,(H,34,38,40)/b27-14+. The summed E-state index contributed by atoms with van der Waals surface area (Å²) < 4.78 is 6.83. The van der Waals surface area contributed by atoms with Crippen LogP contribution in [0.1, 0.15) is 56.6 Å². The molecule has 2 heterocycles. The Hall–Kier alpha value is -4.20. The quantitative estimate of drug-likeness (QED) is 0.253. The van der Waals surface area contributed by atoms with E-state index in [2.05, 4.69) is 17.4 Å². The molecule has 5 fully saturated rings. The van der Waals surface area contributed by atoms with E-state index in [9.17, 15) is 19.2 Å². The number of barbiturate groups is 1. The number of hydrogen-bond donors (Lipinski definition) is 1. The molecule has 1 saturated heterocycles. The van der Waals surface area contributed by atoms with Gasteiger partial charge in [-0.1, -0.05) is 30.3 Å². The number of ether oxygens (including phenoxy) is 1. The van der Waals surface area contributed by atoms with Gasteiger partial charge in [0.15, 0.2) is 0 Å². The molecule has 4 aliphatic carbocycles. The van der Waals surface area contributed by atoms with Crippen LogP contribution in [0.2, 0.25) is 0 Å². The first-order valence-electron chi connectivity index (χ1n) is 14.6. The van der Waals surface area contributed by atoms with Crippen molar-refractivity contribution in [2.24, 2.45) is 17.8 Å². The third-order valence-electron chi connectivity index (χ3n) is 9.60. The van der Waals surface area contributed by atoms with Gasteiger partial charge in [0, 0.05) is 22.7 Å². The molecular weight excluding hydrogens is 518 g/mol. The minimum atomic E-state index is -0.760. The summed E-state index contributed by atoms with van der Waals surface area (Å²) in [5.74, 6) is 0.645. The number of para-hydroxylation sites is 1. The molecule has 1 aromatic heterocycles. The predicted molar refractivity (Wildman–Crippen MR) is 154 cm³/mol. The number of nitrogens with one attached hydrogen (secondary N) is 1. The second-order valence-electron chi connectivity index (χ2n) is 12.2. The van der Waals surface area contributed by atoms with Gasteiger partial charge in [0.2, 0.25) is 0 Å². The largest absolute Gasteiger partial charge is 0.465 e. The lowest BCUT2D eigenvalue weighted by atomic mass is 9.48. The number of anilines is 1. The first kappa shape index (κ1) is 25.7. The Labute approximate surface area is 238 Å². The minimum absolute atomic E-state index is 0.00163. The number of rotatable bonds is 6. The molecule has 0 spiro atoms. The summed E-state index contributed by atoms with van der Waals surface area (Å²) in [7, 11) is 0. The monoisotopic (exact) mass is 551 g/mol. The first-order chi connectivity index (χ1) is 19.8. The van der Waals surface area contributed by atoms with Gasteiger partial charge in [-0.2, -0.15) is 0 Å². The molecule has 8 nitrogen and oxygen atoms in total. The van der Waals surface area contributed by atoms with E-state index in [4.69, 9.17) is 4.74 Å². The zero-order valence-electron chi connectivity index (χ0n) is 23.1. The van der Waals surface area contributed by atoms with E-state index in [0.29, 0.717) is 11.3 Å². The average molecular weight is 552 g/mol. The number of urea groups is 1. The molecule has 1 N–H and O–H groups in total. The van der Waals surface area contributed by atoms with Crippen molar-refractivity contribution in [2.45, 2.75) is 57.4 Å². The average Bonchev–Trinajstić information content (AvgIpc) is 3.27. The number of aromatic nitrogens is 1. The lowest BCUT2D eigenvalue weighted by Crippen LogP contribution is -2.54. The second kappa shape index (κ2) is 9.72. The highest BCUT2D eigenvalue weighted by molar-refractivity contribution is 6.39. The van der Waals surface area contributed by atoms with Crippen LogP contribution in [-0.2, 0) is 31.1 Å². The highest BCUT2D eigenvalue weighted by atomic mass is 16.5. The van der Waals surface area contributed by atoms with Crippen LogP contribution in [0.15, 0.2) is 60.3 Å². The molecular formula is C33H33N3O5. The normalized spacial score (nSPS) is 28.0. The van der Waals surface area contributed by atoms with Crippen molar-refractivity contribution < 1.29 is 23.9 Å². The summed E-state index contributed by atoms with van der Waals surface area (Å²) in [4.78, 5) is 52.7. The van der Waals surface area contributed by atoms with Crippen LogP contribution in [0.3, 0.4) is 0 Å². The van der Waals surface area contributed by atoms with E-state index in [1.165, 1.54) is 50.2 Å². The number of nitrogens with zero attached hydrogens (tertiary/aromatic N) is 2. The molecule has 8 heteroatoms. The molecule has 5 aliphatic rings. The van der Waals surface area contributed by atoms with Crippen LogP contribution in [0.4, 0.5) is 10.5 Å². The van der Waals surface area contributed by atoms with Crippen molar-refractivity contribution in [3.05, 3.63) is 71.4 Å². The summed E-state index contributed by atoms with van der Waals surface area (Å²) in [5.41, 5.74) is 3.16. The van der Waals surface area contributed by atoms with Gasteiger partial charge in [0.05, 0.1) is 12.3 Å². The Balaban J connectivity index is 1.19. The van der Waals surface area contributed by atoms with Gasteiger partial charge in [-0.05, 0) is 98.5 Å². The molecule has 3 aromatic rings. The Bertz CT molecular complexity index is 1580. The van der Waals surface area contributed by atoms with E-state index in [1.54, 1.807) is 17.7 Å². The number of hydrogen-bond acceptors (Lipinski definition) is 5. The SMILES string of the molecule is CCOC(=O)Cn1cc(/C=C2\C(=O)NC(=O)N(c3ccc(C45CC6CC(CC(C6)C4)C5)cc3)C2=O)c2ccccc21. The Kier molecular flexibility index (Phi) is 6.10. The number of carbonyl (C=O) groups excluding carboxylic acids is 4. The van der Waals surface area contributed by atoms with Crippen LogP contribution in [0.5, 0.6) is 0 Å². The maximum absolute atomic E-state index is 13.7. The molecule has 1 aliphatic heterocycles. The lowest BCUT2D eigenvalue weighted by molar-refractivity contribution is -0.143. The fourth-order valence-corrected chi connectivity index (χ4v) is 8.34. The summed E-state index contributed by atoms with van der Waals surface area (Å²) in [6.45, 7) is 2.02. The van der Waals surface area contributed by atoms with Gasteiger partial charge < -0.3 is 9.30 Å². The fourth-order valence-electron chi connectivity index (χ4n) is 8.34. The fraction of sp³-hybridized carbons (Fsp3) is 0.394. The molecule has 0 unspecified atom stereocenters. The number of imide groups is 2. The molecule has 2 aromatic carbocycles. The maximum Gasteiger partial charge on any atom is 0.335 e. The Morgan fingerprint density at radius 1 is 0.976 bits per heavy atom. The summed E-state index contributed by atoms with van der Waals surface area (Å²) >= 11 is 0. The predicted octanol–water partition coefficient (Wildman–Crippen LogP) is 5.34. The molecule has 0 radical (unpaired) electrons. The van der Waals surface area contributed by atoms with E-state index in [0.717, 1.165) is 33.6 Å². The van der Waals surface area contributed by atoms with Crippen LogP contribution in [0, 0.1) is 17.8 Å². The van der Waals surface area contributed by atoms with Crippen molar-refractivity contribution in [2.75, 3.05) is 11.5 Å². The van der Waals surface area contributed by atoms with Crippen molar-refractivity contribution in [3.8, 4) is 0 Å². The van der Waals surface area contributed by atoms with E-state index in [-0.39, 0.29) is 30.1 Å². The Morgan fingerprint density at radius 2 is 1.63 bits per heavy atom. The van der Waals surface area contributed by atoms with Gasteiger partial charge in [0.1, 0.15) is 12.1 Å². The molecule has 0 atom stereocenters. The minimum Gasteiger partial charge on any atom is -0.465 e. The van der Waals surface area contributed by atoms with Crippen molar-refractivity contribution >= 4 is 46.5 Å². The first-order valence-corrected chi connectivity index (χ1v) is 14.6. The Morgan fingerprint density at radius 3 is 2.29 bits per heavy atom. The molecule has 4 bridgehead atoms. The number of amides is 4. The smallest absolute Gasteiger partial charge is 0.335 e. The molecule has 210 valence electrons. The van der Waals surface area contributed by atoms with Gasteiger partial charge in [0.25, 0.3) is 11.8 Å². The number of esters is 1. The van der Waals surface area contributed by atoms with Crippen molar-refractivity contribution in [3.63, 3.8) is 0 Å². The molecule has 8 rings (SSSR count). The zero-order valence-corrected chi connectivity index (χ0v) is 23.1. The number of fused-ring (bicyclic) bond motifs is 1. The van der Waals surface area contributed by atoms with E-state index in [1.807, 2.05) is 36.4 Å². The third kappa shape index (κ3) is 4.36. The number of carbonyl (C=O) groups is 4.